The third-order valence-electron chi connectivity index (χ3n) is 2.58. The average Bonchev–Trinajstić information content (AvgIpc) is 2.73. The van der Waals surface area contributed by atoms with Crippen LogP contribution in [0.5, 0.6) is 0 Å². The van der Waals surface area contributed by atoms with E-state index < -0.39 is 0 Å². The first-order chi connectivity index (χ1) is 8.15. The van der Waals surface area contributed by atoms with Crippen LogP contribution in [0.1, 0.15) is 23.6 Å². The highest BCUT2D eigenvalue weighted by molar-refractivity contribution is 7.20. The van der Waals surface area contributed by atoms with Crippen LogP contribution in [0.4, 0.5) is 4.39 Å². The molecule has 0 fully saturated rings. The molecule has 0 radical (unpaired) electrons. The van der Waals surface area contributed by atoms with E-state index in [1.807, 2.05) is 13.8 Å². The van der Waals surface area contributed by atoms with Gasteiger partial charge in [0.15, 0.2) is 5.01 Å². The summed E-state index contributed by atoms with van der Waals surface area (Å²) in [7, 11) is 0. The molecule has 17 heavy (non-hydrogen) atoms. The molecule has 3 nitrogen and oxygen atoms in total. The van der Waals surface area contributed by atoms with Crippen LogP contribution in [-0.2, 0) is 0 Å². The van der Waals surface area contributed by atoms with Gasteiger partial charge in [-0.1, -0.05) is 0 Å². The van der Waals surface area contributed by atoms with E-state index in [2.05, 4.69) is 4.98 Å². The number of nitrogens with zero attached hydrogens (tertiary/aromatic N) is 2. The van der Waals surface area contributed by atoms with Gasteiger partial charge in [-0.2, -0.15) is 0 Å². The first kappa shape index (κ1) is 12.0. The molecule has 5 heteroatoms. The number of hydrogen-bond donors (Lipinski definition) is 0. The SMILES string of the molecule is CCN(CC)C(=O)c1nc2ccc(F)cc2s1. The summed E-state index contributed by atoms with van der Waals surface area (Å²) >= 11 is 1.24. The van der Waals surface area contributed by atoms with Crippen molar-refractivity contribution in [3.63, 3.8) is 0 Å². The van der Waals surface area contributed by atoms with Crippen LogP contribution in [0.3, 0.4) is 0 Å². The van der Waals surface area contributed by atoms with E-state index in [0.717, 1.165) is 0 Å². The summed E-state index contributed by atoms with van der Waals surface area (Å²) in [6, 6.07) is 4.36. The molecule has 1 heterocycles. The molecule has 1 aromatic heterocycles. The van der Waals surface area contributed by atoms with Gasteiger partial charge in [-0.3, -0.25) is 4.79 Å². The summed E-state index contributed by atoms with van der Waals surface area (Å²) in [6.07, 6.45) is 0. The minimum Gasteiger partial charge on any atom is -0.337 e. The first-order valence-corrected chi connectivity index (χ1v) is 6.32. The number of thiazole rings is 1. The molecule has 0 atom stereocenters. The maximum absolute atomic E-state index is 13.0. The number of aromatic nitrogens is 1. The summed E-state index contributed by atoms with van der Waals surface area (Å²) in [6.45, 7) is 5.15. The van der Waals surface area contributed by atoms with Crippen LogP contribution in [-0.4, -0.2) is 28.9 Å². The molecular formula is C12H13FN2OS. The van der Waals surface area contributed by atoms with Crippen LogP contribution in [0.25, 0.3) is 10.2 Å². The highest BCUT2D eigenvalue weighted by Gasteiger charge is 2.17. The maximum atomic E-state index is 13.0. The van der Waals surface area contributed by atoms with Crippen LogP contribution >= 0.6 is 11.3 Å². The van der Waals surface area contributed by atoms with E-state index in [1.165, 1.54) is 23.5 Å². The van der Waals surface area contributed by atoms with Gasteiger partial charge in [0.25, 0.3) is 5.91 Å². The average molecular weight is 252 g/mol. The topological polar surface area (TPSA) is 33.2 Å². The molecule has 0 saturated heterocycles. The number of halogens is 1. The summed E-state index contributed by atoms with van der Waals surface area (Å²) < 4.78 is 13.7. The number of carbonyl (C=O) groups is 1. The Balaban J connectivity index is 2.39. The molecule has 0 aliphatic carbocycles. The number of rotatable bonds is 3. The van der Waals surface area contributed by atoms with Crippen molar-refractivity contribution < 1.29 is 9.18 Å². The van der Waals surface area contributed by atoms with Gasteiger partial charge in [-0.25, -0.2) is 9.37 Å². The lowest BCUT2D eigenvalue weighted by Gasteiger charge is -2.16. The van der Waals surface area contributed by atoms with E-state index >= 15 is 0 Å². The fourth-order valence-corrected chi connectivity index (χ4v) is 2.59. The fraction of sp³-hybridized carbons (Fsp3) is 0.333. The highest BCUT2D eigenvalue weighted by Crippen LogP contribution is 2.23. The number of benzene rings is 1. The standard InChI is InChI=1S/C12H13FN2OS/c1-3-15(4-2)12(16)11-14-9-6-5-8(13)7-10(9)17-11/h5-7H,3-4H2,1-2H3. The number of amides is 1. The predicted molar refractivity (Wildman–Crippen MR) is 66.8 cm³/mol. The van der Waals surface area contributed by atoms with Gasteiger partial charge in [0.2, 0.25) is 0 Å². The minimum atomic E-state index is -0.303. The Morgan fingerprint density at radius 1 is 1.41 bits per heavy atom. The van der Waals surface area contributed by atoms with Crippen molar-refractivity contribution in [3.05, 3.63) is 29.0 Å². The largest absolute Gasteiger partial charge is 0.337 e. The Bertz CT molecular complexity index is 548. The van der Waals surface area contributed by atoms with Gasteiger partial charge >= 0.3 is 0 Å². The summed E-state index contributed by atoms with van der Waals surface area (Å²) in [4.78, 5) is 18.0. The Hall–Kier alpha value is -1.49. The third-order valence-corrected chi connectivity index (χ3v) is 3.59. The Morgan fingerprint density at radius 2 is 2.12 bits per heavy atom. The maximum Gasteiger partial charge on any atom is 0.282 e. The molecule has 0 aliphatic heterocycles. The van der Waals surface area contributed by atoms with Crippen LogP contribution < -0.4 is 0 Å². The molecule has 1 aromatic carbocycles. The molecule has 0 N–H and O–H groups in total. The summed E-state index contributed by atoms with van der Waals surface area (Å²) in [5.41, 5.74) is 0.673. The molecule has 0 saturated carbocycles. The van der Waals surface area contributed by atoms with Crippen molar-refractivity contribution in [3.8, 4) is 0 Å². The summed E-state index contributed by atoms with van der Waals surface area (Å²) in [5.74, 6) is -0.389. The van der Waals surface area contributed by atoms with Gasteiger partial charge in [0.1, 0.15) is 5.82 Å². The second-order valence-electron chi connectivity index (χ2n) is 3.61. The molecule has 0 bridgehead atoms. The molecule has 2 rings (SSSR count). The monoisotopic (exact) mass is 252 g/mol. The quantitative estimate of drug-likeness (QED) is 0.841. The van der Waals surface area contributed by atoms with E-state index in [4.69, 9.17) is 0 Å². The van der Waals surface area contributed by atoms with Gasteiger partial charge in [0, 0.05) is 13.1 Å². The van der Waals surface area contributed by atoms with Crippen LogP contribution in [0.2, 0.25) is 0 Å². The lowest BCUT2D eigenvalue weighted by atomic mass is 10.3. The Labute approximate surface area is 103 Å². The van der Waals surface area contributed by atoms with E-state index in [-0.39, 0.29) is 11.7 Å². The van der Waals surface area contributed by atoms with Crippen molar-refractivity contribution in [2.45, 2.75) is 13.8 Å². The zero-order valence-electron chi connectivity index (χ0n) is 9.74. The fourth-order valence-electron chi connectivity index (χ4n) is 1.64. The van der Waals surface area contributed by atoms with E-state index in [1.54, 1.807) is 11.0 Å². The molecule has 1 amide bonds. The second-order valence-corrected chi connectivity index (χ2v) is 4.64. The van der Waals surface area contributed by atoms with Crippen molar-refractivity contribution >= 4 is 27.5 Å². The number of carbonyl (C=O) groups excluding carboxylic acids is 1. The Morgan fingerprint density at radius 3 is 2.76 bits per heavy atom. The lowest BCUT2D eigenvalue weighted by Crippen LogP contribution is -2.30. The third kappa shape index (κ3) is 2.29. The van der Waals surface area contributed by atoms with Gasteiger partial charge in [-0.15, -0.1) is 11.3 Å². The van der Waals surface area contributed by atoms with Gasteiger partial charge < -0.3 is 4.90 Å². The van der Waals surface area contributed by atoms with Crippen molar-refractivity contribution in [1.29, 1.82) is 0 Å². The zero-order chi connectivity index (χ0) is 12.4. The van der Waals surface area contributed by atoms with Gasteiger partial charge in [0.05, 0.1) is 10.2 Å². The second kappa shape index (κ2) is 4.79. The first-order valence-electron chi connectivity index (χ1n) is 5.51. The van der Waals surface area contributed by atoms with Crippen molar-refractivity contribution in [2.75, 3.05) is 13.1 Å². The van der Waals surface area contributed by atoms with Crippen molar-refractivity contribution in [2.24, 2.45) is 0 Å². The zero-order valence-corrected chi connectivity index (χ0v) is 10.6. The van der Waals surface area contributed by atoms with Crippen LogP contribution in [0, 0.1) is 5.82 Å². The molecule has 0 unspecified atom stereocenters. The van der Waals surface area contributed by atoms with E-state index in [9.17, 15) is 9.18 Å². The Kier molecular flexibility index (Phi) is 3.38. The minimum absolute atomic E-state index is 0.0865. The normalized spacial score (nSPS) is 10.8. The molecule has 0 aliphatic rings. The predicted octanol–water partition coefficient (Wildman–Crippen LogP) is 2.92. The molecule has 0 spiro atoms. The molecule has 2 aromatic rings. The van der Waals surface area contributed by atoms with E-state index in [0.29, 0.717) is 28.3 Å². The highest BCUT2D eigenvalue weighted by atomic mass is 32.1. The summed E-state index contributed by atoms with van der Waals surface area (Å²) in [5, 5.41) is 0.425. The number of fused-ring (bicyclic) bond motifs is 1. The lowest BCUT2D eigenvalue weighted by molar-refractivity contribution is 0.0773. The molecular weight excluding hydrogens is 239 g/mol. The van der Waals surface area contributed by atoms with Crippen LogP contribution in [0.15, 0.2) is 18.2 Å². The molecule has 90 valence electrons. The van der Waals surface area contributed by atoms with Crippen molar-refractivity contribution in [1.82, 2.24) is 9.88 Å². The van der Waals surface area contributed by atoms with Gasteiger partial charge in [-0.05, 0) is 32.0 Å². The smallest absolute Gasteiger partial charge is 0.282 e. The number of hydrogen-bond acceptors (Lipinski definition) is 3.